The Kier molecular flexibility index (Phi) is 10.1. The molecule has 426 valence electrons. The van der Waals surface area contributed by atoms with Gasteiger partial charge in [-0.25, -0.2) is 0 Å². The van der Waals surface area contributed by atoms with Crippen molar-refractivity contribution in [3.8, 4) is 28.2 Å². The molecule has 8 heteroatoms. The summed E-state index contributed by atoms with van der Waals surface area (Å²) in [4.78, 5) is 5.20. The maximum absolute atomic E-state index is 6.88. The topological polar surface area (TPSA) is 47.6 Å². The molecule has 92 heavy (non-hydrogen) atoms. The largest absolute Gasteiger partial charge is 0.456 e. The summed E-state index contributed by atoms with van der Waals surface area (Å²) < 4.78 is 21.1. The van der Waals surface area contributed by atoms with E-state index in [-0.39, 0.29) is 6.71 Å². The maximum atomic E-state index is 6.88. The normalized spacial score (nSPS) is 12.9. The zero-order valence-electron chi connectivity index (χ0n) is 49.5. The SMILES string of the molecule is c1ccc(-n2c3ccccc3c3ccc(-c4cc5c6c(c4)N(c4cccc7oc8ccccc8c47)c4cc7c8ccccc8n(-c8ccccc8)c7cc4B6c4cc6c(cc4N5c4cccc5oc7ccccc7c45)c4ccccc4n6-c4ccccc4)cc32)cc1. The molecule has 0 spiro atoms. The lowest BCUT2D eigenvalue weighted by molar-refractivity contribution is 0.668. The van der Waals surface area contributed by atoms with Crippen LogP contribution in [0.15, 0.2) is 312 Å². The molecule has 7 nitrogen and oxygen atoms in total. The Bertz CT molecular complexity index is 6050. The van der Waals surface area contributed by atoms with Gasteiger partial charge in [-0.3, -0.25) is 0 Å². The van der Waals surface area contributed by atoms with Crippen LogP contribution >= 0.6 is 0 Å². The highest BCUT2D eigenvalue weighted by Crippen LogP contribution is 2.53. The minimum absolute atomic E-state index is 0.284. The second-order valence-electron chi connectivity index (χ2n) is 24.7. The lowest BCUT2D eigenvalue weighted by atomic mass is 9.33. The van der Waals surface area contributed by atoms with Gasteiger partial charge >= 0.3 is 0 Å². The summed E-state index contributed by atoms with van der Waals surface area (Å²) in [5.41, 5.74) is 25.9. The van der Waals surface area contributed by atoms with Gasteiger partial charge in [0.15, 0.2) is 0 Å². The van der Waals surface area contributed by atoms with Crippen molar-refractivity contribution in [2.75, 3.05) is 9.80 Å². The average molecular weight is 1170 g/mol. The minimum Gasteiger partial charge on any atom is -0.456 e. The first-order valence-electron chi connectivity index (χ1n) is 31.6. The molecule has 0 N–H and O–H groups in total. The minimum atomic E-state index is -0.284. The van der Waals surface area contributed by atoms with Gasteiger partial charge in [-0.05, 0) is 161 Å². The van der Waals surface area contributed by atoms with Gasteiger partial charge in [-0.1, -0.05) is 170 Å². The number of aromatic nitrogens is 3. The standard InChI is InChI=1S/C84H50BN5O2/c1-4-22-53(23-5-1)86-66-33-15-10-28-56(66)59-43-42-51(44-71(59)86)52-45-76-84-77(46-52)90(70-37-21-41-81-83(70)61-32-14-19-39-79(61)92-81)75-48-63-58-30-12-17-35-68(58)88(55-26-8-3-9-27-55)73(63)50-65(75)85(84)64-49-72-62(57-29-11-16-34-67(57)87(72)54-24-6-2-7-25-54)47-74(64)89(76)69-36-20-40-80-82(69)60-31-13-18-38-78(60)91-80/h1-50H. The molecule has 0 saturated carbocycles. The van der Waals surface area contributed by atoms with Gasteiger partial charge in [-0.2, -0.15) is 0 Å². The molecule has 21 rings (SSSR count). The highest BCUT2D eigenvalue weighted by atomic mass is 16.3. The molecule has 0 saturated heterocycles. The second kappa shape index (κ2) is 18.7. The fourth-order valence-electron chi connectivity index (χ4n) is 16.2. The van der Waals surface area contributed by atoms with Crippen LogP contribution in [0, 0.1) is 0 Å². The van der Waals surface area contributed by atoms with Gasteiger partial charge in [-0.15, -0.1) is 0 Å². The third-order valence-corrected chi connectivity index (χ3v) is 19.9. The molecule has 0 amide bonds. The Balaban J connectivity index is 0.963. The monoisotopic (exact) mass is 1170 g/mol. The van der Waals surface area contributed by atoms with E-state index in [1.54, 1.807) is 0 Å². The fraction of sp³-hybridized carbons (Fsp3) is 0. The van der Waals surface area contributed by atoms with Crippen LogP contribution in [0.2, 0.25) is 0 Å². The van der Waals surface area contributed by atoms with E-state index in [0.29, 0.717) is 0 Å². The van der Waals surface area contributed by atoms with E-state index in [2.05, 4.69) is 327 Å². The van der Waals surface area contributed by atoms with Crippen LogP contribution in [0.5, 0.6) is 0 Å². The molecular formula is C84H50BN5O2. The van der Waals surface area contributed by atoms with E-state index in [1.165, 1.54) is 54.2 Å². The summed E-state index contributed by atoms with van der Waals surface area (Å²) in [6.45, 7) is -0.284. The lowest BCUT2D eigenvalue weighted by Gasteiger charge is -2.45. The Morgan fingerprint density at radius 3 is 1.05 bits per heavy atom. The summed E-state index contributed by atoms with van der Waals surface area (Å²) in [6.07, 6.45) is 0. The van der Waals surface area contributed by atoms with Crippen LogP contribution < -0.4 is 26.2 Å². The van der Waals surface area contributed by atoms with E-state index in [9.17, 15) is 0 Å². The molecule has 2 aliphatic rings. The van der Waals surface area contributed by atoms with Crippen molar-refractivity contribution in [3.63, 3.8) is 0 Å². The Morgan fingerprint density at radius 1 is 0.228 bits per heavy atom. The zero-order valence-corrected chi connectivity index (χ0v) is 49.5. The number of nitrogens with zero attached hydrogens (tertiary/aromatic N) is 5. The molecule has 2 aliphatic heterocycles. The predicted molar refractivity (Wildman–Crippen MR) is 383 cm³/mol. The quantitative estimate of drug-likeness (QED) is 0.156. The molecule has 14 aromatic carbocycles. The van der Waals surface area contributed by atoms with Crippen LogP contribution in [0.3, 0.4) is 0 Å². The summed E-state index contributed by atoms with van der Waals surface area (Å²) in [7, 11) is 0. The number of para-hydroxylation sites is 8. The number of furan rings is 2. The van der Waals surface area contributed by atoms with Gasteiger partial charge in [0.25, 0.3) is 6.71 Å². The fourth-order valence-corrected chi connectivity index (χ4v) is 16.2. The molecule has 19 aromatic rings. The van der Waals surface area contributed by atoms with E-state index in [1.807, 2.05) is 0 Å². The van der Waals surface area contributed by atoms with Crippen molar-refractivity contribution in [1.29, 1.82) is 0 Å². The van der Waals surface area contributed by atoms with Gasteiger partial charge in [0.1, 0.15) is 22.3 Å². The van der Waals surface area contributed by atoms with Gasteiger partial charge in [0, 0.05) is 82.9 Å². The van der Waals surface area contributed by atoms with Crippen molar-refractivity contribution in [1.82, 2.24) is 13.7 Å². The van der Waals surface area contributed by atoms with Crippen LogP contribution in [0.25, 0.3) is 137 Å². The summed E-state index contributed by atoms with van der Waals surface area (Å²) in [6, 6.07) is 112. The number of anilines is 6. The third kappa shape index (κ3) is 6.79. The number of fused-ring (bicyclic) bond motifs is 19. The molecule has 0 bridgehead atoms. The number of hydrogen-bond acceptors (Lipinski definition) is 4. The van der Waals surface area contributed by atoms with Crippen LogP contribution in [-0.4, -0.2) is 20.4 Å². The van der Waals surface area contributed by atoms with Crippen molar-refractivity contribution in [2.45, 2.75) is 0 Å². The van der Waals surface area contributed by atoms with E-state index < -0.39 is 0 Å². The smallest absolute Gasteiger partial charge is 0.252 e. The van der Waals surface area contributed by atoms with E-state index in [4.69, 9.17) is 8.83 Å². The maximum Gasteiger partial charge on any atom is 0.252 e. The Hall–Kier alpha value is -12.3. The highest BCUT2D eigenvalue weighted by Gasteiger charge is 2.46. The van der Waals surface area contributed by atoms with Crippen molar-refractivity contribution in [2.24, 2.45) is 0 Å². The van der Waals surface area contributed by atoms with Gasteiger partial charge in [0.05, 0.1) is 55.2 Å². The van der Waals surface area contributed by atoms with Crippen molar-refractivity contribution in [3.05, 3.63) is 303 Å². The molecule has 0 aliphatic carbocycles. The van der Waals surface area contributed by atoms with E-state index >= 15 is 0 Å². The molecule has 0 radical (unpaired) electrons. The molecule has 0 fully saturated rings. The molecular weight excluding hydrogens is 1120 g/mol. The number of benzene rings is 14. The zero-order chi connectivity index (χ0) is 59.9. The van der Waals surface area contributed by atoms with Crippen molar-refractivity contribution < 1.29 is 8.83 Å². The highest BCUT2D eigenvalue weighted by molar-refractivity contribution is 7.00. The van der Waals surface area contributed by atoms with Gasteiger partial charge in [0.2, 0.25) is 0 Å². The summed E-state index contributed by atoms with van der Waals surface area (Å²) in [5, 5.41) is 11.4. The van der Waals surface area contributed by atoms with Crippen LogP contribution in [0.4, 0.5) is 34.1 Å². The summed E-state index contributed by atoms with van der Waals surface area (Å²) >= 11 is 0. The Labute approximate surface area is 527 Å². The third-order valence-electron chi connectivity index (χ3n) is 19.9. The Morgan fingerprint density at radius 2 is 0.598 bits per heavy atom. The lowest BCUT2D eigenvalue weighted by Crippen LogP contribution is -2.61. The average Bonchev–Trinajstić information content (AvgIpc) is 0.943. The molecule has 7 heterocycles. The molecule has 5 aromatic heterocycles. The van der Waals surface area contributed by atoms with Crippen LogP contribution in [0.1, 0.15) is 0 Å². The van der Waals surface area contributed by atoms with Crippen molar-refractivity contribution >= 4 is 167 Å². The number of rotatable bonds is 6. The predicted octanol–water partition coefficient (Wildman–Crippen LogP) is 20.5. The molecule has 0 atom stereocenters. The van der Waals surface area contributed by atoms with E-state index in [0.717, 1.165) is 134 Å². The first kappa shape index (κ1) is 49.7. The van der Waals surface area contributed by atoms with Crippen LogP contribution in [-0.2, 0) is 0 Å². The first-order chi connectivity index (χ1) is 45.7. The number of hydrogen-bond donors (Lipinski definition) is 0. The first-order valence-corrected chi connectivity index (χ1v) is 31.6. The van der Waals surface area contributed by atoms with Gasteiger partial charge < -0.3 is 32.3 Å². The summed E-state index contributed by atoms with van der Waals surface area (Å²) in [5.74, 6) is 0. The molecule has 0 unspecified atom stereocenters. The second-order valence-corrected chi connectivity index (χ2v) is 24.7.